The van der Waals surface area contributed by atoms with Crippen LogP contribution in [0.3, 0.4) is 0 Å². The highest BCUT2D eigenvalue weighted by Gasteiger charge is 2.57. The Bertz CT molecular complexity index is 2030. The van der Waals surface area contributed by atoms with Crippen molar-refractivity contribution in [2.75, 3.05) is 4.90 Å². The molecule has 2 aliphatic heterocycles. The molecule has 248 valence electrons. The molecule has 1 aromatic heterocycles. The van der Waals surface area contributed by atoms with E-state index in [0.29, 0.717) is 0 Å². The number of hydrogen-bond acceptors (Lipinski definition) is 3. The summed E-state index contributed by atoms with van der Waals surface area (Å²) in [7, 11) is 0. The maximum Gasteiger partial charge on any atom is 0.258 e. The molecule has 0 saturated heterocycles. The number of anilines is 3. The normalized spacial score (nSPS) is 32.0. The summed E-state index contributed by atoms with van der Waals surface area (Å²) < 4.78 is 7.29. The van der Waals surface area contributed by atoms with E-state index in [2.05, 4.69) is 105 Å². The highest BCUT2D eigenvalue weighted by molar-refractivity contribution is 6.99. The van der Waals surface area contributed by atoms with Crippen LogP contribution in [0.25, 0.3) is 0 Å². The van der Waals surface area contributed by atoms with Crippen molar-refractivity contribution < 1.29 is 4.74 Å². The summed E-state index contributed by atoms with van der Waals surface area (Å²) in [6, 6.07) is 27.6. The van der Waals surface area contributed by atoms with Crippen LogP contribution in [0.1, 0.15) is 109 Å². The number of pyridine rings is 1. The van der Waals surface area contributed by atoms with Crippen LogP contribution >= 0.6 is 0 Å². The van der Waals surface area contributed by atoms with Crippen molar-refractivity contribution >= 4 is 40.3 Å². The third kappa shape index (κ3) is 4.01. The largest absolute Gasteiger partial charge is 0.458 e. The van der Waals surface area contributed by atoms with Crippen molar-refractivity contribution in [2.24, 2.45) is 29.6 Å². The van der Waals surface area contributed by atoms with Crippen molar-refractivity contribution in [3.63, 3.8) is 0 Å². The number of nitrogens with zero attached hydrogens (tertiary/aromatic N) is 2. The Kier molecular flexibility index (Phi) is 5.86. The number of ether oxygens (including phenoxy) is 1. The van der Waals surface area contributed by atoms with Crippen LogP contribution in [0.2, 0.25) is 0 Å². The summed E-state index contributed by atoms with van der Waals surface area (Å²) in [6.45, 7) is 9.84. The van der Waals surface area contributed by atoms with Crippen LogP contribution in [0, 0.1) is 29.6 Å². The number of aromatic nitrogens is 1. The highest BCUT2D eigenvalue weighted by Crippen LogP contribution is 2.64. The number of fused-ring (bicyclic) bond motifs is 7. The molecule has 4 bridgehead atoms. The third-order valence-corrected chi connectivity index (χ3v) is 15.3. The molecule has 3 heterocycles. The Morgan fingerprint density at radius 1 is 0.714 bits per heavy atom. The SMILES string of the molecule is CC1(C)CCC(C)(C)c2cc3c(cc21)Oc1cc([C@]24CC[C@@H]5CC6CCC(C2)[C@H](C6)C5C4)nc2c1B3c1ccccc1N2c1ccccc1. The first-order valence-corrected chi connectivity index (χ1v) is 19.6. The van der Waals surface area contributed by atoms with E-state index in [1.165, 1.54) is 109 Å². The number of para-hydroxylation sites is 2. The lowest BCUT2D eigenvalue weighted by Gasteiger charge is -2.61. The minimum absolute atomic E-state index is 0.0928. The number of rotatable bonds is 2. The van der Waals surface area contributed by atoms with Gasteiger partial charge in [0.05, 0.1) is 5.69 Å². The maximum atomic E-state index is 7.29. The number of benzene rings is 3. The van der Waals surface area contributed by atoms with Crippen molar-refractivity contribution in [3.05, 3.63) is 89.6 Å². The topological polar surface area (TPSA) is 25.4 Å². The average Bonchev–Trinajstić information content (AvgIpc) is 3.12. The van der Waals surface area contributed by atoms with E-state index in [1.807, 2.05) is 0 Å². The fourth-order valence-corrected chi connectivity index (χ4v) is 12.7. The summed E-state index contributed by atoms with van der Waals surface area (Å²) in [5.41, 5.74) is 11.0. The first-order chi connectivity index (χ1) is 23.7. The fourth-order valence-electron chi connectivity index (χ4n) is 12.7. The quantitative estimate of drug-likeness (QED) is 0.176. The van der Waals surface area contributed by atoms with Crippen molar-refractivity contribution in [2.45, 2.75) is 108 Å². The summed E-state index contributed by atoms with van der Waals surface area (Å²) in [6.07, 6.45) is 13.6. The van der Waals surface area contributed by atoms with Gasteiger partial charge in [-0.25, -0.2) is 4.98 Å². The van der Waals surface area contributed by atoms with E-state index in [-0.39, 0.29) is 23.0 Å². The van der Waals surface area contributed by atoms with Gasteiger partial charge in [-0.3, -0.25) is 4.90 Å². The molecule has 0 spiro atoms. The first-order valence-electron chi connectivity index (χ1n) is 19.6. The van der Waals surface area contributed by atoms with Gasteiger partial charge in [0.15, 0.2) is 0 Å². The Morgan fingerprint density at radius 3 is 2.33 bits per heavy atom. The fraction of sp³-hybridized carbons (Fsp3) is 0.489. The minimum atomic E-state index is 0.0928. The van der Waals surface area contributed by atoms with E-state index >= 15 is 0 Å². The zero-order valence-electron chi connectivity index (χ0n) is 29.8. The minimum Gasteiger partial charge on any atom is -0.458 e. The van der Waals surface area contributed by atoms with Crippen molar-refractivity contribution in [3.8, 4) is 11.5 Å². The molecule has 0 amide bonds. The molecule has 6 atom stereocenters. The second-order valence-corrected chi connectivity index (χ2v) is 18.7. The molecular formula is C45H49BN2O. The van der Waals surface area contributed by atoms with E-state index in [1.54, 1.807) is 0 Å². The van der Waals surface area contributed by atoms with E-state index in [9.17, 15) is 0 Å². The Labute approximate surface area is 293 Å². The number of hydrogen-bond donors (Lipinski definition) is 0. The molecule has 49 heavy (non-hydrogen) atoms. The molecule has 3 unspecified atom stereocenters. The zero-order chi connectivity index (χ0) is 32.9. The van der Waals surface area contributed by atoms with Gasteiger partial charge in [-0.1, -0.05) is 76.6 Å². The van der Waals surface area contributed by atoms with Crippen LogP contribution in [0.4, 0.5) is 17.2 Å². The summed E-state index contributed by atoms with van der Waals surface area (Å²) in [5, 5.41) is 0. The summed E-state index contributed by atoms with van der Waals surface area (Å²) >= 11 is 0. The first kappa shape index (κ1) is 29.2. The van der Waals surface area contributed by atoms with Gasteiger partial charge in [0.2, 0.25) is 0 Å². The van der Waals surface area contributed by atoms with Gasteiger partial charge in [0.1, 0.15) is 17.3 Å². The molecule has 3 nitrogen and oxygen atoms in total. The van der Waals surface area contributed by atoms with Gasteiger partial charge in [0, 0.05) is 28.3 Å². The predicted octanol–water partition coefficient (Wildman–Crippen LogP) is 9.33. The van der Waals surface area contributed by atoms with Crippen LogP contribution < -0.4 is 26.0 Å². The molecule has 4 saturated carbocycles. The molecule has 4 heteroatoms. The lowest BCUT2D eigenvalue weighted by atomic mass is 9.34. The standard InChI is InChI=1S/C45H49BN2O/c1-43(2)18-19-44(3,4)34-23-38-36(22-33(34)43)46-35-12-8-9-13-37(35)48(30-10-6-5-7-11-30)42-41(46)39(49-38)24-40(47-42)45-17-16-28-20-27-14-15-29(25-45)31(21-27)32(28)26-45/h5-13,22-24,27-29,31-32H,14-21,25-26H2,1-4H3/t27?,28-,29?,31+,32?,45-/m1/s1. The van der Waals surface area contributed by atoms with E-state index in [4.69, 9.17) is 9.72 Å². The van der Waals surface area contributed by atoms with Gasteiger partial charge >= 0.3 is 0 Å². The Hall–Kier alpha value is -3.53. The summed E-state index contributed by atoms with van der Waals surface area (Å²) in [4.78, 5) is 8.40. The molecule has 11 rings (SSSR count). The Balaban J connectivity index is 1.15. The lowest BCUT2D eigenvalue weighted by Crippen LogP contribution is -2.60. The molecule has 0 radical (unpaired) electrons. The van der Waals surface area contributed by atoms with E-state index in [0.717, 1.165) is 46.9 Å². The average molecular weight is 645 g/mol. The molecule has 7 aliphatic rings. The van der Waals surface area contributed by atoms with Crippen molar-refractivity contribution in [1.29, 1.82) is 0 Å². The summed E-state index contributed by atoms with van der Waals surface area (Å²) in [5.74, 6) is 7.86. The van der Waals surface area contributed by atoms with Crippen LogP contribution in [0.15, 0.2) is 72.8 Å². The second-order valence-electron chi connectivity index (χ2n) is 18.7. The van der Waals surface area contributed by atoms with Gasteiger partial charge in [0.25, 0.3) is 6.71 Å². The van der Waals surface area contributed by atoms with Crippen molar-refractivity contribution in [1.82, 2.24) is 4.98 Å². The van der Waals surface area contributed by atoms with Gasteiger partial charge in [-0.2, -0.15) is 0 Å². The highest BCUT2D eigenvalue weighted by atomic mass is 16.5. The van der Waals surface area contributed by atoms with Gasteiger partial charge in [-0.15, -0.1) is 0 Å². The van der Waals surface area contributed by atoms with Crippen LogP contribution in [-0.2, 0) is 16.2 Å². The lowest BCUT2D eigenvalue weighted by molar-refractivity contribution is -0.0787. The second kappa shape index (κ2) is 9.83. The molecule has 5 aliphatic carbocycles. The molecule has 3 aromatic carbocycles. The third-order valence-electron chi connectivity index (χ3n) is 15.3. The predicted molar refractivity (Wildman–Crippen MR) is 201 cm³/mol. The van der Waals surface area contributed by atoms with E-state index < -0.39 is 0 Å². The smallest absolute Gasteiger partial charge is 0.258 e. The Morgan fingerprint density at radius 2 is 1.49 bits per heavy atom. The zero-order valence-corrected chi connectivity index (χ0v) is 29.8. The molecule has 4 fully saturated rings. The van der Waals surface area contributed by atoms with Gasteiger partial charge in [-0.05, 0) is 145 Å². The monoisotopic (exact) mass is 644 g/mol. The molecule has 0 N–H and O–H groups in total. The maximum absolute atomic E-state index is 7.29. The van der Waals surface area contributed by atoms with Crippen LogP contribution in [0.5, 0.6) is 11.5 Å². The molecule has 4 aromatic rings. The van der Waals surface area contributed by atoms with Gasteiger partial charge < -0.3 is 4.74 Å². The van der Waals surface area contributed by atoms with Crippen LogP contribution in [-0.4, -0.2) is 11.7 Å². The molecular weight excluding hydrogens is 595 g/mol.